The van der Waals surface area contributed by atoms with Crippen LogP contribution in [0.4, 0.5) is 5.69 Å². The van der Waals surface area contributed by atoms with E-state index in [1.807, 2.05) is 113 Å². The van der Waals surface area contributed by atoms with E-state index in [1.165, 1.54) is 11.1 Å². The summed E-state index contributed by atoms with van der Waals surface area (Å²) < 4.78 is 1.83. The summed E-state index contributed by atoms with van der Waals surface area (Å²) in [4.78, 5) is 34.4. The Morgan fingerprint density at radius 3 is 1.64 bits per heavy atom. The fourth-order valence-electron chi connectivity index (χ4n) is 7.29. The number of anilines is 1. The first-order valence-electron chi connectivity index (χ1n) is 18.7. The fraction of sp³-hybridized carbons (Fsp3) is 0.289. The number of imidazole rings is 1. The first kappa shape index (κ1) is 38.6. The van der Waals surface area contributed by atoms with Crippen LogP contribution in [0.1, 0.15) is 97.2 Å². The Bertz CT molecular complexity index is 2220. The van der Waals surface area contributed by atoms with Crippen molar-refractivity contribution in [3.05, 3.63) is 154 Å². The molecule has 3 heterocycles. The smallest absolute Gasteiger partial charge is 0.253 e. The van der Waals surface area contributed by atoms with Gasteiger partial charge in [-0.1, -0.05) is 48.6 Å². The highest BCUT2D eigenvalue weighted by molar-refractivity contribution is 7.80. The topological polar surface area (TPSA) is 132 Å². The van der Waals surface area contributed by atoms with E-state index in [0.717, 1.165) is 73.5 Å². The summed E-state index contributed by atoms with van der Waals surface area (Å²) in [6, 6.07) is 31.3. The van der Waals surface area contributed by atoms with Gasteiger partial charge >= 0.3 is 0 Å². The van der Waals surface area contributed by atoms with E-state index in [0.29, 0.717) is 46.2 Å². The van der Waals surface area contributed by atoms with Gasteiger partial charge in [-0.15, -0.1) is 0 Å². The normalized spacial score (nSPS) is 14.6. The molecule has 278 valence electrons. The quantitative estimate of drug-likeness (QED) is 0.138. The highest BCUT2D eigenvalue weighted by Gasteiger charge is 2.26. The van der Waals surface area contributed by atoms with E-state index in [-0.39, 0.29) is 11.8 Å². The van der Waals surface area contributed by atoms with E-state index >= 15 is 0 Å². The summed E-state index contributed by atoms with van der Waals surface area (Å²) in [7, 11) is 0. The number of likely N-dealkylation sites (tertiary alicyclic amines) is 2. The molecule has 0 atom stereocenters. The van der Waals surface area contributed by atoms with Crippen molar-refractivity contribution in [2.45, 2.75) is 57.8 Å². The molecule has 2 aliphatic rings. The molecule has 5 aromatic rings. The summed E-state index contributed by atoms with van der Waals surface area (Å²) in [5.41, 5.74) is 15.0. The van der Waals surface area contributed by atoms with E-state index in [4.69, 9.17) is 28.5 Å². The van der Waals surface area contributed by atoms with Crippen molar-refractivity contribution < 1.29 is 9.59 Å². The monoisotopic (exact) mass is 747 g/mol. The molecule has 2 aliphatic heterocycles. The molecule has 2 N–H and O–H groups in total. The van der Waals surface area contributed by atoms with Crippen LogP contribution >= 0.6 is 12.2 Å². The third kappa shape index (κ3) is 9.53. The van der Waals surface area contributed by atoms with Crippen LogP contribution in [0.5, 0.6) is 0 Å². The van der Waals surface area contributed by atoms with Gasteiger partial charge in [-0.3, -0.25) is 9.59 Å². The largest absolute Gasteiger partial charge is 0.398 e. The molecule has 10 heteroatoms. The van der Waals surface area contributed by atoms with Crippen LogP contribution in [0.3, 0.4) is 0 Å². The molecule has 55 heavy (non-hydrogen) atoms. The molecule has 2 fully saturated rings. The molecular weight excluding hydrogens is 703 g/mol. The number of piperidine rings is 2. The number of aromatic nitrogens is 2. The molecule has 0 radical (unpaired) electrons. The number of amides is 2. The second-order valence-corrected chi connectivity index (χ2v) is 14.8. The first-order chi connectivity index (χ1) is 26.6. The van der Waals surface area contributed by atoms with Crippen LogP contribution in [-0.2, 0) is 6.42 Å². The average molecular weight is 748 g/mol. The molecule has 0 bridgehead atoms. The van der Waals surface area contributed by atoms with Crippen molar-refractivity contribution in [1.82, 2.24) is 19.4 Å². The minimum absolute atomic E-state index is 0.0555. The Morgan fingerprint density at radius 2 is 1.20 bits per heavy atom. The standard InChI is InChI=1S/C25H24N4OS.C20H21N3O/c1-18-2-5-22(14-23(18)15-24(31)29-13-10-27-17-29)25(30)28-11-8-21(9-12-28)20-6-3-19(16-26)4-7-20;1-14-2-5-18(12-19(14)22)20(24)23-10-8-17(9-11-23)16-6-3-15(13-21)4-7-16/h2-7,10,13-14,17,21H,8-9,11-12,15H2,1H3;2-7,12,17H,8-11,22H2,1H3. The van der Waals surface area contributed by atoms with Gasteiger partial charge in [-0.05, 0) is 128 Å². The number of benzene rings is 4. The molecule has 1 aromatic heterocycles. The van der Waals surface area contributed by atoms with Crippen LogP contribution in [0.2, 0.25) is 0 Å². The molecule has 7 rings (SSSR count). The van der Waals surface area contributed by atoms with Crippen molar-refractivity contribution in [3.63, 3.8) is 0 Å². The third-order valence-electron chi connectivity index (χ3n) is 10.8. The van der Waals surface area contributed by atoms with Crippen molar-refractivity contribution in [1.29, 1.82) is 10.5 Å². The van der Waals surface area contributed by atoms with Gasteiger partial charge in [0.1, 0.15) is 0 Å². The maximum Gasteiger partial charge on any atom is 0.253 e. The van der Waals surface area contributed by atoms with Gasteiger partial charge in [-0.25, -0.2) is 4.98 Å². The number of nitrogens with zero attached hydrogens (tertiary/aromatic N) is 6. The summed E-state index contributed by atoms with van der Waals surface area (Å²) in [6.07, 6.45) is 9.59. The van der Waals surface area contributed by atoms with Gasteiger partial charge < -0.3 is 20.1 Å². The summed E-state index contributed by atoms with van der Waals surface area (Å²) in [6.45, 7) is 6.95. The van der Waals surface area contributed by atoms with E-state index < -0.39 is 0 Å². The van der Waals surface area contributed by atoms with Gasteiger partial charge in [0.15, 0.2) is 0 Å². The van der Waals surface area contributed by atoms with Gasteiger partial charge in [0.2, 0.25) is 0 Å². The molecule has 0 unspecified atom stereocenters. The average Bonchev–Trinajstić information content (AvgIpc) is 3.78. The van der Waals surface area contributed by atoms with E-state index in [9.17, 15) is 9.59 Å². The van der Waals surface area contributed by atoms with Crippen LogP contribution in [-0.4, -0.2) is 62.3 Å². The summed E-state index contributed by atoms with van der Waals surface area (Å²) >= 11 is 5.53. The van der Waals surface area contributed by atoms with Crippen molar-refractivity contribution >= 4 is 34.7 Å². The number of nitrogens with two attached hydrogens (primary N) is 1. The molecule has 4 aromatic carbocycles. The predicted molar refractivity (Wildman–Crippen MR) is 219 cm³/mol. The molecule has 0 aliphatic carbocycles. The van der Waals surface area contributed by atoms with Crippen molar-refractivity contribution in [2.24, 2.45) is 0 Å². The maximum absolute atomic E-state index is 13.1. The molecule has 0 saturated carbocycles. The second-order valence-electron chi connectivity index (χ2n) is 14.4. The minimum Gasteiger partial charge on any atom is -0.398 e. The van der Waals surface area contributed by atoms with Crippen molar-refractivity contribution in [2.75, 3.05) is 31.9 Å². The lowest BCUT2D eigenvalue weighted by atomic mass is 9.88. The van der Waals surface area contributed by atoms with Gasteiger partial charge in [-0.2, -0.15) is 10.5 Å². The predicted octanol–water partition coefficient (Wildman–Crippen LogP) is 7.97. The van der Waals surface area contributed by atoms with Crippen LogP contribution in [0, 0.1) is 36.5 Å². The second kappa shape index (κ2) is 17.8. The lowest BCUT2D eigenvalue weighted by Crippen LogP contribution is -2.38. The highest BCUT2D eigenvalue weighted by atomic mass is 32.1. The number of carbonyl (C=O) groups is 2. The highest BCUT2D eigenvalue weighted by Crippen LogP contribution is 2.30. The van der Waals surface area contributed by atoms with Crippen LogP contribution < -0.4 is 5.73 Å². The maximum atomic E-state index is 13.1. The lowest BCUT2D eigenvalue weighted by Gasteiger charge is -2.32. The molecular formula is C45H45N7O2S. The summed E-state index contributed by atoms with van der Waals surface area (Å²) in [5, 5.41) is 17.8. The van der Waals surface area contributed by atoms with E-state index in [2.05, 4.69) is 17.1 Å². The number of nitriles is 2. The van der Waals surface area contributed by atoms with Gasteiger partial charge in [0.25, 0.3) is 11.8 Å². The molecule has 0 spiro atoms. The van der Waals surface area contributed by atoms with Gasteiger partial charge in [0, 0.05) is 61.8 Å². The fourth-order valence-corrected chi connectivity index (χ4v) is 7.55. The number of aryl methyl sites for hydroxylation is 2. The van der Waals surface area contributed by atoms with E-state index in [1.54, 1.807) is 18.6 Å². The van der Waals surface area contributed by atoms with Gasteiger partial charge in [0.05, 0.1) is 34.6 Å². The molecule has 9 nitrogen and oxygen atoms in total. The zero-order chi connectivity index (χ0) is 38.9. The Kier molecular flexibility index (Phi) is 12.5. The zero-order valence-corrected chi connectivity index (χ0v) is 32.1. The Balaban J connectivity index is 0.000000193. The Labute approximate surface area is 328 Å². The number of hydrogen-bond acceptors (Lipinski definition) is 7. The summed E-state index contributed by atoms with van der Waals surface area (Å²) in [5.74, 6) is 1.01. The molecule has 2 amide bonds. The third-order valence-corrected chi connectivity index (χ3v) is 11.2. The zero-order valence-electron chi connectivity index (χ0n) is 31.3. The number of rotatable bonds is 6. The van der Waals surface area contributed by atoms with Crippen LogP contribution in [0.25, 0.3) is 0 Å². The SMILES string of the molecule is Cc1ccc(C(=O)N2CCC(c3ccc(C#N)cc3)CC2)cc1CC(=S)n1ccnc1.Cc1ccc(C(=O)N2CCC(c3ccc(C#N)cc3)CC2)cc1N. The minimum atomic E-state index is 0.0555. The number of carbonyl (C=O) groups excluding carboxylic acids is 2. The lowest BCUT2D eigenvalue weighted by molar-refractivity contribution is 0.0705. The Morgan fingerprint density at radius 1 is 0.727 bits per heavy atom. The Hall–Kier alpha value is -6.10. The number of hydrogen-bond donors (Lipinski definition) is 1. The molecule has 2 saturated heterocycles. The first-order valence-corrected chi connectivity index (χ1v) is 19.1. The van der Waals surface area contributed by atoms with Crippen LogP contribution in [0.15, 0.2) is 104 Å². The number of nitrogen functional groups attached to an aromatic ring is 1. The number of thiocarbonyl (C=S) groups is 1. The van der Waals surface area contributed by atoms with Crippen molar-refractivity contribution in [3.8, 4) is 12.1 Å².